The molecule has 80 valence electrons. The Morgan fingerprint density at radius 3 is 3.20 bits per heavy atom. The molecule has 0 amide bonds. The summed E-state index contributed by atoms with van der Waals surface area (Å²) in [4.78, 5) is 0.925. The SMILES string of the molecule is CCc1nnc2sc(C3CCNC3)nn12. The standard InChI is InChI=1S/C9H13N5S/c1-2-7-11-12-9-14(7)13-8(15-9)6-3-4-10-5-6/h6,10H,2-5H2,1H3. The molecule has 5 nitrogen and oxygen atoms in total. The second kappa shape index (κ2) is 3.53. The third-order valence-corrected chi connectivity index (χ3v) is 3.86. The van der Waals surface area contributed by atoms with E-state index in [1.807, 2.05) is 4.52 Å². The number of aryl methyl sites for hydroxylation is 1. The van der Waals surface area contributed by atoms with Gasteiger partial charge >= 0.3 is 0 Å². The van der Waals surface area contributed by atoms with E-state index >= 15 is 0 Å². The number of hydrogen-bond donors (Lipinski definition) is 1. The Bertz CT molecular complexity index is 468. The van der Waals surface area contributed by atoms with E-state index in [9.17, 15) is 0 Å². The summed E-state index contributed by atoms with van der Waals surface area (Å²) in [6.45, 7) is 4.23. The highest BCUT2D eigenvalue weighted by Crippen LogP contribution is 2.26. The smallest absolute Gasteiger partial charge is 0.234 e. The van der Waals surface area contributed by atoms with Crippen LogP contribution in [0.25, 0.3) is 4.96 Å². The lowest BCUT2D eigenvalue weighted by Crippen LogP contribution is -2.08. The molecular weight excluding hydrogens is 210 g/mol. The van der Waals surface area contributed by atoms with Crippen LogP contribution in [-0.2, 0) is 6.42 Å². The number of nitrogens with one attached hydrogen (secondary N) is 1. The van der Waals surface area contributed by atoms with Crippen molar-refractivity contribution in [2.45, 2.75) is 25.7 Å². The Labute approximate surface area is 91.5 Å². The number of fused-ring (bicyclic) bond motifs is 1. The molecule has 0 radical (unpaired) electrons. The second-order valence-electron chi connectivity index (χ2n) is 3.79. The number of aromatic nitrogens is 4. The van der Waals surface area contributed by atoms with Crippen molar-refractivity contribution in [3.05, 3.63) is 10.8 Å². The van der Waals surface area contributed by atoms with Crippen LogP contribution in [0, 0.1) is 0 Å². The van der Waals surface area contributed by atoms with E-state index in [4.69, 9.17) is 0 Å². The van der Waals surface area contributed by atoms with Crippen molar-refractivity contribution in [2.75, 3.05) is 13.1 Å². The minimum Gasteiger partial charge on any atom is -0.316 e. The molecule has 1 saturated heterocycles. The van der Waals surface area contributed by atoms with Gasteiger partial charge in [-0.1, -0.05) is 18.3 Å². The van der Waals surface area contributed by atoms with Crippen molar-refractivity contribution >= 4 is 16.3 Å². The van der Waals surface area contributed by atoms with Crippen LogP contribution in [0.4, 0.5) is 0 Å². The molecule has 0 aliphatic carbocycles. The highest BCUT2D eigenvalue weighted by atomic mass is 32.1. The van der Waals surface area contributed by atoms with Gasteiger partial charge in [0.1, 0.15) is 5.01 Å². The fraction of sp³-hybridized carbons (Fsp3) is 0.667. The largest absolute Gasteiger partial charge is 0.316 e. The zero-order valence-corrected chi connectivity index (χ0v) is 9.42. The summed E-state index contributed by atoms with van der Waals surface area (Å²) in [7, 11) is 0. The molecule has 1 N–H and O–H groups in total. The molecule has 1 atom stereocenters. The molecule has 0 bridgehead atoms. The minimum absolute atomic E-state index is 0.571. The van der Waals surface area contributed by atoms with Crippen LogP contribution in [0.1, 0.15) is 30.1 Å². The quantitative estimate of drug-likeness (QED) is 0.819. The Morgan fingerprint density at radius 2 is 2.47 bits per heavy atom. The minimum atomic E-state index is 0.571. The molecule has 0 saturated carbocycles. The predicted octanol–water partition coefficient (Wildman–Crippen LogP) is 0.825. The van der Waals surface area contributed by atoms with Crippen LogP contribution >= 0.6 is 11.3 Å². The number of rotatable bonds is 2. The van der Waals surface area contributed by atoms with Gasteiger partial charge in [-0.3, -0.25) is 0 Å². The van der Waals surface area contributed by atoms with Crippen molar-refractivity contribution in [1.82, 2.24) is 25.1 Å². The highest BCUT2D eigenvalue weighted by Gasteiger charge is 2.21. The van der Waals surface area contributed by atoms with E-state index in [2.05, 4.69) is 27.5 Å². The summed E-state index contributed by atoms with van der Waals surface area (Å²) in [5, 5.41) is 17.4. The summed E-state index contributed by atoms with van der Waals surface area (Å²) in [6, 6.07) is 0. The van der Waals surface area contributed by atoms with Crippen LogP contribution in [-0.4, -0.2) is 32.9 Å². The van der Waals surface area contributed by atoms with Crippen molar-refractivity contribution in [3.8, 4) is 0 Å². The monoisotopic (exact) mass is 223 g/mol. The van der Waals surface area contributed by atoms with Gasteiger partial charge in [-0.2, -0.15) is 9.61 Å². The maximum absolute atomic E-state index is 4.60. The Hall–Kier alpha value is -1.01. The van der Waals surface area contributed by atoms with Gasteiger partial charge in [-0.25, -0.2) is 0 Å². The van der Waals surface area contributed by atoms with Gasteiger partial charge in [-0.15, -0.1) is 10.2 Å². The third kappa shape index (κ3) is 1.44. The summed E-state index contributed by atoms with van der Waals surface area (Å²) >= 11 is 1.67. The van der Waals surface area contributed by atoms with E-state index < -0.39 is 0 Å². The molecule has 0 aromatic carbocycles. The molecule has 6 heteroatoms. The molecule has 15 heavy (non-hydrogen) atoms. The zero-order chi connectivity index (χ0) is 10.3. The van der Waals surface area contributed by atoms with Gasteiger partial charge in [0, 0.05) is 18.9 Å². The average molecular weight is 223 g/mol. The zero-order valence-electron chi connectivity index (χ0n) is 8.60. The van der Waals surface area contributed by atoms with Crippen molar-refractivity contribution < 1.29 is 0 Å². The first-order valence-corrected chi connectivity index (χ1v) is 6.12. The molecule has 1 aliphatic rings. The van der Waals surface area contributed by atoms with Crippen LogP contribution in [0.15, 0.2) is 0 Å². The van der Waals surface area contributed by atoms with Crippen LogP contribution in [0.5, 0.6) is 0 Å². The summed E-state index contributed by atoms with van der Waals surface area (Å²) in [5.74, 6) is 1.53. The van der Waals surface area contributed by atoms with E-state index in [-0.39, 0.29) is 0 Å². The maximum Gasteiger partial charge on any atom is 0.234 e. The highest BCUT2D eigenvalue weighted by molar-refractivity contribution is 7.16. The molecular formula is C9H13N5S. The van der Waals surface area contributed by atoms with E-state index in [0.717, 1.165) is 30.3 Å². The van der Waals surface area contributed by atoms with Crippen molar-refractivity contribution in [2.24, 2.45) is 0 Å². The lowest BCUT2D eigenvalue weighted by atomic mass is 10.1. The lowest BCUT2D eigenvalue weighted by molar-refractivity contribution is 0.717. The average Bonchev–Trinajstić information content (AvgIpc) is 2.93. The first-order valence-electron chi connectivity index (χ1n) is 5.30. The normalized spacial score (nSPS) is 21.5. The lowest BCUT2D eigenvalue weighted by Gasteiger charge is -2.00. The summed E-state index contributed by atoms with van der Waals surface area (Å²) < 4.78 is 1.89. The first kappa shape index (κ1) is 9.23. The molecule has 1 fully saturated rings. The maximum atomic E-state index is 4.60. The third-order valence-electron chi connectivity index (χ3n) is 2.80. The molecule has 1 unspecified atom stereocenters. The van der Waals surface area contributed by atoms with Crippen molar-refractivity contribution in [3.63, 3.8) is 0 Å². The predicted molar refractivity (Wildman–Crippen MR) is 58.3 cm³/mol. The molecule has 2 aromatic rings. The van der Waals surface area contributed by atoms with Gasteiger partial charge in [0.05, 0.1) is 0 Å². The van der Waals surface area contributed by atoms with E-state index in [0.29, 0.717) is 5.92 Å². The van der Waals surface area contributed by atoms with Gasteiger partial charge in [0.25, 0.3) is 0 Å². The number of nitrogens with zero attached hydrogens (tertiary/aromatic N) is 4. The fourth-order valence-corrected chi connectivity index (χ4v) is 2.91. The van der Waals surface area contributed by atoms with E-state index in [1.165, 1.54) is 11.4 Å². The molecule has 3 rings (SSSR count). The molecule has 3 heterocycles. The van der Waals surface area contributed by atoms with Crippen LogP contribution in [0.3, 0.4) is 0 Å². The van der Waals surface area contributed by atoms with Gasteiger partial charge in [0.2, 0.25) is 4.96 Å². The Balaban J connectivity index is 2.02. The molecule has 2 aromatic heterocycles. The van der Waals surface area contributed by atoms with Crippen molar-refractivity contribution in [1.29, 1.82) is 0 Å². The van der Waals surface area contributed by atoms with Crippen LogP contribution < -0.4 is 5.32 Å². The fourth-order valence-electron chi connectivity index (χ4n) is 1.92. The summed E-state index contributed by atoms with van der Waals surface area (Å²) in [5.41, 5.74) is 0. The van der Waals surface area contributed by atoms with Gasteiger partial charge < -0.3 is 5.32 Å². The summed E-state index contributed by atoms with van der Waals surface area (Å²) in [6.07, 6.45) is 2.07. The van der Waals surface area contributed by atoms with E-state index in [1.54, 1.807) is 11.3 Å². The van der Waals surface area contributed by atoms with Crippen LogP contribution in [0.2, 0.25) is 0 Å². The Kier molecular flexibility index (Phi) is 2.17. The Morgan fingerprint density at radius 1 is 1.53 bits per heavy atom. The number of hydrogen-bond acceptors (Lipinski definition) is 5. The molecule has 0 spiro atoms. The first-order chi connectivity index (χ1) is 7.38. The van der Waals surface area contributed by atoms with Gasteiger partial charge in [-0.05, 0) is 13.0 Å². The topological polar surface area (TPSA) is 55.1 Å². The molecule has 1 aliphatic heterocycles. The van der Waals surface area contributed by atoms with Gasteiger partial charge in [0.15, 0.2) is 5.82 Å². The second-order valence-corrected chi connectivity index (χ2v) is 4.78.